The third-order valence-corrected chi connectivity index (χ3v) is 9.18. The Morgan fingerprint density at radius 3 is 2.56 bits per heavy atom. The van der Waals surface area contributed by atoms with E-state index >= 15 is 8.78 Å². The molecule has 0 bridgehead atoms. The smallest absolute Gasteiger partial charge is 0.193 e. The molecule has 0 radical (unpaired) electrons. The predicted molar refractivity (Wildman–Crippen MR) is 109 cm³/mol. The molecule has 1 saturated heterocycles. The summed E-state index contributed by atoms with van der Waals surface area (Å²) >= 11 is 0. The van der Waals surface area contributed by atoms with E-state index in [0.29, 0.717) is 0 Å². The third kappa shape index (κ3) is 2.32. The Morgan fingerprint density at radius 1 is 1.22 bits per heavy atom. The van der Waals surface area contributed by atoms with E-state index in [-0.39, 0.29) is 24.8 Å². The number of carbonyl (C=O) groups is 2. The van der Waals surface area contributed by atoms with Gasteiger partial charge in [0.1, 0.15) is 12.8 Å². The first-order chi connectivity index (χ1) is 14.8. The summed E-state index contributed by atoms with van der Waals surface area (Å²) in [6.45, 7) is 5.87. The largest absolute Gasteiger partial charge is 0.390 e. The van der Waals surface area contributed by atoms with Crippen molar-refractivity contribution in [1.82, 2.24) is 0 Å². The van der Waals surface area contributed by atoms with Crippen LogP contribution in [0.5, 0.6) is 0 Å². The summed E-state index contributed by atoms with van der Waals surface area (Å²) in [5, 5.41) is 21.1. The molecule has 176 valence electrons. The first-order valence-corrected chi connectivity index (χ1v) is 11.3. The van der Waals surface area contributed by atoms with Gasteiger partial charge in [0.25, 0.3) is 0 Å². The summed E-state index contributed by atoms with van der Waals surface area (Å²) in [6, 6.07) is 0. The van der Waals surface area contributed by atoms with Crippen molar-refractivity contribution in [1.29, 1.82) is 0 Å². The summed E-state index contributed by atoms with van der Waals surface area (Å²) in [7, 11) is 0. The number of ether oxygens (including phenoxy) is 2. The number of allylic oxidation sites excluding steroid dienone is 4. The van der Waals surface area contributed by atoms with Gasteiger partial charge in [0.15, 0.2) is 28.6 Å². The van der Waals surface area contributed by atoms with Gasteiger partial charge in [0, 0.05) is 16.7 Å². The number of aliphatic hydroxyl groups excluding tert-OH is 2. The Morgan fingerprint density at radius 2 is 1.91 bits per heavy atom. The van der Waals surface area contributed by atoms with Crippen LogP contribution in [0.25, 0.3) is 0 Å². The van der Waals surface area contributed by atoms with Crippen LogP contribution in [0.2, 0.25) is 0 Å². The Labute approximate surface area is 185 Å². The molecular weight excluding hydrogens is 422 g/mol. The molecule has 8 heteroatoms. The van der Waals surface area contributed by atoms with Gasteiger partial charge in [0.2, 0.25) is 0 Å². The number of alkyl halides is 2. The Bertz CT molecular complexity index is 960. The second kappa shape index (κ2) is 6.34. The van der Waals surface area contributed by atoms with Gasteiger partial charge in [0.05, 0.1) is 12.2 Å². The maximum Gasteiger partial charge on any atom is 0.193 e. The predicted octanol–water partition coefficient (Wildman–Crippen LogP) is 2.37. The lowest BCUT2D eigenvalue weighted by Crippen LogP contribution is -2.71. The lowest BCUT2D eigenvalue weighted by Gasteiger charge is -2.63. The molecule has 6 nitrogen and oxygen atoms in total. The van der Waals surface area contributed by atoms with Gasteiger partial charge in [-0.2, -0.15) is 0 Å². The van der Waals surface area contributed by atoms with Crippen LogP contribution < -0.4 is 0 Å². The SMILES string of the molecule is CC1(C)O[C@@H]2CC3[C@@H]4C[C@H](F)C5=CC(=O)C=C[C@]5(C)[C@@]4(F)C(O)C[C@]3(C)[C@]2(C(=O)CO)O1. The number of halogens is 2. The van der Waals surface area contributed by atoms with E-state index in [4.69, 9.17) is 9.47 Å². The second-order valence-electron chi connectivity index (χ2n) is 11.0. The van der Waals surface area contributed by atoms with Crippen LogP contribution in [0.4, 0.5) is 8.78 Å². The highest BCUT2D eigenvalue weighted by Crippen LogP contribution is 2.72. The standard InChI is InChI=1S/C24H30F2O6/c1-20(2)31-19-9-13-14-8-16(25)15-7-12(28)5-6-21(15,3)23(14,26)17(29)10-22(13,4)24(19,32-20)18(30)11-27/h5-7,13-14,16-17,19,27,29H,8-11H2,1-4H3/t13?,14-,16-,17?,19+,21-,22-,23-,24+/m0/s1. The van der Waals surface area contributed by atoms with Crippen molar-refractivity contribution in [3.63, 3.8) is 0 Å². The highest BCUT2D eigenvalue weighted by molar-refractivity contribution is 6.01. The molecule has 2 unspecified atom stereocenters. The molecule has 0 spiro atoms. The number of hydrogen-bond donors (Lipinski definition) is 2. The van der Waals surface area contributed by atoms with E-state index in [1.165, 1.54) is 19.1 Å². The van der Waals surface area contributed by atoms with E-state index in [2.05, 4.69) is 0 Å². The summed E-state index contributed by atoms with van der Waals surface area (Å²) in [6.07, 6.45) is -0.151. The minimum Gasteiger partial charge on any atom is -0.390 e. The number of carbonyl (C=O) groups excluding carboxylic acids is 2. The molecule has 0 aromatic heterocycles. The van der Waals surface area contributed by atoms with E-state index in [1.807, 2.05) is 0 Å². The summed E-state index contributed by atoms with van der Waals surface area (Å²) < 4.78 is 44.8. The molecule has 2 N–H and O–H groups in total. The fourth-order valence-electron chi connectivity index (χ4n) is 7.92. The lowest BCUT2D eigenvalue weighted by molar-refractivity contribution is -0.248. The molecule has 32 heavy (non-hydrogen) atoms. The van der Waals surface area contributed by atoms with Gasteiger partial charge in [-0.1, -0.05) is 13.0 Å². The number of hydrogen-bond acceptors (Lipinski definition) is 6. The Kier molecular flexibility index (Phi) is 4.42. The van der Waals surface area contributed by atoms with E-state index in [9.17, 15) is 19.8 Å². The normalized spacial score (nSPS) is 53.2. The van der Waals surface area contributed by atoms with Crippen LogP contribution in [0.3, 0.4) is 0 Å². The molecule has 0 aromatic carbocycles. The Hall–Kier alpha value is -1.48. The summed E-state index contributed by atoms with van der Waals surface area (Å²) in [5.74, 6) is -3.53. The van der Waals surface area contributed by atoms with Gasteiger partial charge in [-0.25, -0.2) is 8.78 Å². The summed E-state index contributed by atoms with van der Waals surface area (Å²) in [4.78, 5) is 25.1. The van der Waals surface area contributed by atoms with Gasteiger partial charge < -0.3 is 19.7 Å². The van der Waals surface area contributed by atoms with E-state index < -0.39 is 76.3 Å². The molecule has 0 amide bonds. The fourth-order valence-corrected chi connectivity index (χ4v) is 7.92. The highest BCUT2D eigenvalue weighted by Gasteiger charge is 2.80. The molecule has 9 atom stereocenters. The molecule has 1 aliphatic heterocycles. The molecule has 1 heterocycles. The zero-order valence-corrected chi connectivity index (χ0v) is 18.7. The van der Waals surface area contributed by atoms with Crippen molar-refractivity contribution in [3.8, 4) is 0 Å². The number of Topliss-reactive ketones (excluding diaryl/α,β-unsaturated/α-hetero) is 1. The van der Waals surface area contributed by atoms with Crippen molar-refractivity contribution >= 4 is 11.6 Å². The average Bonchev–Trinajstić information content (AvgIpc) is 3.11. The Balaban J connectivity index is 1.66. The quantitative estimate of drug-likeness (QED) is 0.668. The topological polar surface area (TPSA) is 93.1 Å². The first-order valence-electron chi connectivity index (χ1n) is 11.3. The average molecular weight is 452 g/mol. The molecule has 5 aliphatic rings. The lowest BCUT2D eigenvalue weighted by atomic mass is 9.44. The van der Waals surface area contributed by atoms with Gasteiger partial charge in [-0.05, 0) is 63.7 Å². The number of rotatable bonds is 2. The molecule has 3 saturated carbocycles. The number of ketones is 2. The van der Waals surface area contributed by atoms with Crippen molar-refractivity contribution in [2.75, 3.05) is 6.61 Å². The zero-order chi connectivity index (χ0) is 23.5. The van der Waals surface area contributed by atoms with Crippen molar-refractivity contribution < 1.29 is 38.1 Å². The summed E-state index contributed by atoms with van der Waals surface area (Å²) in [5.41, 5.74) is -6.30. The minimum atomic E-state index is -2.24. The molecular formula is C24H30F2O6. The van der Waals surface area contributed by atoms with Crippen LogP contribution in [0, 0.1) is 22.7 Å². The van der Waals surface area contributed by atoms with E-state index in [0.717, 1.165) is 6.08 Å². The van der Waals surface area contributed by atoms with Crippen LogP contribution >= 0.6 is 0 Å². The molecule has 4 fully saturated rings. The molecule has 4 aliphatic carbocycles. The molecule has 0 aromatic rings. The zero-order valence-electron chi connectivity index (χ0n) is 18.7. The maximum absolute atomic E-state index is 17.1. The van der Waals surface area contributed by atoms with Crippen molar-refractivity contribution in [3.05, 3.63) is 23.8 Å². The van der Waals surface area contributed by atoms with Crippen molar-refractivity contribution in [2.45, 2.75) is 82.4 Å². The van der Waals surface area contributed by atoms with Gasteiger partial charge in [-0.15, -0.1) is 0 Å². The monoisotopic (exact) mass is 452 g/mol. The van der Waals surface area contributed by atoms with Crippen molar-refractivity contribution in [2.24, 2.45) is 22.7 Å². The molecule has 5 rings (SSSR count). The van der Waals surface area contributed by atoms with Crippen LogP contribution in [-0.4, -0.2) is 63.8 Å². The second-order valence-corrected chi connectivity index (χ2v) is 11.0. The van der Waals surface area contributed by atoms with Crippen LogP contribution in [0.15, 0.2) is 23.8 Å². The van der Waals surface area contributed by atoms with E-state index in [1.54, 1.807) is 20.8 Å². The highest BCUT2D eigenvalue weighted by atomic mass is 19.1. The number of aliphatic hydroxyl groups is 2. The minimum absolute atomic E-state index is 0.0550. The van der Waals surface area contributed by atoms with Crippen LogP contribution in [0.1, 0.15) is 47.0 Å². The number of fused-ring (bicyclic) bond motifs is 7. The fraction of sp³-hybridized carbons (Fsp3) is 0.750. The van der Waals surface area contributed by atoms with Gasteiger partial charge in [-0.3, -0.25) is 9.59 Å². The third-order valence-electron chi connectivity index (χ3n) is 9.18. The first kappa shape index (κ1) is 22.3. The maximum atomic E-state index is 17.1. The van der Waals surface area contributed by atoms with Crippen LogP contribution in [-0.2, 0) is 19.1 Å². The van der Waals surface area contributed by atoms with Gasteiger partial charge >= 0.3 is 0 Å².